The third-order valence-corrected chi connectivity index (χ3v) is 6.53. The third-order valence-electron chi connectivity index (χ3n) is 6.53. The van der Waals surface area contributed by atoms with E-state index >= 15 is 0 Å². The Balaban J connectivity index is 1.48. The van der Waals surface area contributed by atoms with E-state index in [1.807, 2.05) is 6.92 Å². The van der Waals surface area contributed by atoms with E-state index in [4.69, 9.17) is 0 Å². The zero-order valence-electron chi connectivity index (χ0n) is 15.6. The van der Waals surface area contributed by atoms with Crippen molar-refractivity contribution >= 4 is 0 Å². The predicted octanol–water partition coefficient (Wildman–Crippen LogP) is 4.62. The van der Waals surface area contributed by atoms with Crippen LogP contribution in [0.25, 0.3) is 0 Å². The zero-order valence-corrected chi connectivity index (χ0v) is 15.6. The topological polar surface area (TPSA) is 32.3 Å². The van der Waals surface area contributed by atoms with E-state index in [9.17, 15) is 5.11 Å². The van der Waals surface area contributed by atoms with Crippen molar-refractivity contribution in [3.8, 4) is 0 Å². The minimum Gasteiger partial charge on any atom is -0.389 e. The predicted molar refractivity (Wildman–Crippen MR) is 101 cm³/mol. The Morgan fingerprint density at radius 3 is 2.50 bits per heavy atom. The third kappa shape index (κ3) is 4.40. The van der Waals surface area contributed by atoms with E-state index in [1.54, 1.807) is 11.1 Å². The van der Waals surface area contributed by atoms with Crippen LogP contribution in [-0.2, 0) is 19.4 Å². The molecular weight excluding hydrogens is 294 g/mol. The molecule has 1 aromatic carbocycles. The smallest absolute Gasteiger partial charge is 0.0771 e. The lowest BCUT2D eigenvalue weighted by Crippen LogP contribution is -2.45. The van der Waals surface area contributed by atoms with Gasteiger partial charge in [0.15, 0.2) is 0 Å². The molecule has 2 heteroatoms. The van der Waals surface area contributed by atoms with Gasteiger partial charge >= 0.3 is 0 Å². The fourth-order valence-electron chi connectivity index (χ4n) is 4.69. The van der Waals surface area contributed by atoms with Crippen molar-refractivity contribution in [1.82, 2.24) is 5.32 Å². The molecule has 1 fully saturated rings. The van der Waals surface area contributed by atoms with Gasteiger partial charge in [-0.05, 0) is 74.0 Å². The van der Waals surface area contributed by atoms with Crippen LogP contribution in [0.1, 0.15) is 75.5 Å². The molecule has 0 saturated heterocycles. The van der Waals surface area contributed by atoms with E-state index in [-0.39, 0.29) is 0 Å². The molecule has 1 aromatic rings. The van der Waals surface area contributed by atoms with Crippen molar-refractivity contribution in [2.45, 2.75) is 83.8 Å². The van der Waals surface area contributed by atoms with Crippen LogP contribution in [0.2, 0.25) is 0 Å². The van der Waals surface area contributed by atoms with Crippen molar-refractivity contribution in [2.24, 2.45) is 11.8 Å². The summed E-state index contributed by atoms with van der Waals surface area (Å²) in [6, 6.07) is 6.96. The van der Waals surface area contributed by atoms with Crippen molar-refractivity contribution < 1.29 is 5.11 Å². The highest BCUT2D eigenvalue weighted by molar-refractivity contribution is 5.33. The van der Waals surface area contributed by atoms with Gasteiger partial charge in [0.05, 0.1) is 5.60 Å². The normalized spacial score (nSPS) is 26.6. The summed E-state index contributed by atoms with van der Waals surface area (Å²) in [4.78, 5) is 0. The summed E-state index contributed by atoms with van der Waals surface area (Å²) < 4.78 is 0. The first-order valence-electron chi connectivity index (χ1n) is 10.1. The van der Waals surface area contributed by atoms with Crippen LogP contribution in [0.4, 0.5) is 0 Å². The molecule has 2 N–H and O–H groups in total. The number of hydrogen-bond acceptors (Lipinski definition) is 2. The van der Waals surface area contributed by atoms with Crippen LogP contribution < -0.4 is 5.32 Å². The van der Waals surface area contributed by atoms with Crippen LogP contribution in [-0.4, -0.2) is 17.3 Å². The van der Waals surface area contributed by atoms with Gasteiger partial charge in [-0.3, -0.25) is 0 Å². The van der Waals surface area contributed by atoms with E-state index in [0.29, 0.717) is 12.5 Å². The van der Waals surface area contributed by atoms with Crippen LogP contribution >= 0.6 is 0 Å². The number of hydrogen-bond donors (Lipinski definition) is 2. The lowest BCUT2D eigenvalue weighted by atomic mass is 9.73. The molecular formula is C22H35NO. The van der Waals surface area contributed by atoms with Gasteiger partial charge < -0.3 is 10.4 Å². The molecule has 1 saturated carbocycles. The molecule has 2 nitrogen and oxygen atoms in total. The SMILES string of the molecule is CCC1CCC(C(C)(O)CNCc2ccc3c(c2)CCCC3)CC1. The van der Waals surface area contributed by atoms with E-state index < -0.39 is 5.60 Å². The number of nitrogens with one attached hydrogen (secondary N) is 1. The van der Waals surface area contributed by atoms with Crippen molar-refractivity contribution in [3.63, 3.8) is 0 Å². The summed E-state index contributed by atoms with van der Waals surface area (Å²) in [5, 5.41) is 14.4. The molecule has 1 unspecified atom stereocenters. The van der Waals surface area contributed by atoms with Gasteiger partial charge in [0.25, 0.3) is 0 Å². The molecule has 0 radical (unpaired) electrons. The van der Waals surface area contributed by atoms with Crippen LogP contribution in [0, 0.1) is 11.8 Å². The Hall–Kier alpha value is -0.860. The molecule has 0 spiro atoms. The largest absolute Gasteiger partial charge is 0.389 e. The number of aliphatic hydroxyl groups is 1. The van der Waals surface area contributed by atoms with Crippen molar-refractivity contribution in [3.05, 3.63) is 34.9 Å². The molecule has 24 heavy (non-hydrogen) atoms. The zero-order chi connectivity index (χ0) is 17.0. The summed E-state index contributed by atoms with van der Waals surface area (Å²) in [6.45, 7) is 5.90. The van der Waals surface area contributed by atoms with Gasteiger partial charge in [0.1, 0.15) is 0 Å². The van der Waals surface area contributed by atoms with Gasteiger partial charge in [0, 0.05) is 13.1 Å². The first-order chi connectivity index (χ1) is 11.6. The Morgan fingerprint density at radius 1 is 1.08 bits per heavy atom. The maximum atomic E-state index is 10.9. The molecule has 0 aliphatic heterocycles. The lowest BCUT2D eigenvalue weighted by Gasteiger charge is -2.38. The number of aryl methyl sites for hydroxylation is 2. The molecule has 3 rings (SSSR count). The summed E-state index contributed by atoms with van der Waals surface area (Å²) in [7, 11) is 0. The van der Waals surface area contributed by atoms with E-state index in [0.717, 1.165) is 12.5 Å². The highest BCUT2D eigenvalue weighted by Crippen LogP contribution is 2.36. The van der Waals surface area contributed by atoms with Crippen LogP contribution in [0.15, 0.2) is 18.2 Å². The van der Waals surface area contributed by atoms with Gasteiger partial charge in [-0.1, -0.05) is 44.4 Å². The van der Waals surface area contributed by atoms with Gasteiger partial charge in [-0.2, -0.15) is 0 Å². The standard InChI is InChI=1S/C22H35NO/c1-3-17-9-12-21(13-10-17)22(2,24)16-23-15-18-8-11-19-6-4-5-7-20(19)14-18/h8,11,14,17,21,23-24H,3-7,9-10,12-13,15-16H2,1-2H3. The summed E-state index contributed by atoms with van der Waals surface area (Å²) in [5.41, 5.74) is 3.88. The summed E-state index contributed by atoms with van der Waals surface area (Å²) >= 11 is 0. The second kappa shape index (κ2) is 8.01. The molecule has 2 aliphatic rings. The number of rotatable bonds is 6. The maximum Gasteiger partial charge on any atom is 0.0771 e. The fraction of sp³-hybridized carbons (Fsp3) is 0.727. The monoisotopic (exact) mass is 329 g/mol. The van der Waals surface area contributed by atoms with Crippen LogP contribution in [0.5, 0.6) is 0 Å². The van der Waals surface area contributed by atoms with E-state index in [2.05, 4.69) is 30.4 Å². The van der Waals surface area contributed by atoms with Crippen molar-refractivity contribution in [2.75, 3.05) is 6.54 Å². The molecule has 134 valence electrons. The second-order valence-electron chi connectivity index (χ2n) is 8.40. The minimum absolute atomic E-state index is 0.455. The number of fused-ring (bicyclic) bond motifs is 1. The lowest BCUT2D eigenvalue weighted by molar-refractivity contribution is -0.0214. The Kier molecular flexibility index (Phi) is 5.99. The molecule has 0 amide bonds. The molecule has 1 atom stereocenters. The Morgan fingerprint density at radius 2 is 1.79 bits per heavy atom. The molecule has 0 aromatic heterocycles. The summed E-state index contributed by atoms with van der Waals surface area (Å²) in [5.74, 6) is 1.34. The minimum atomic E-state index is -0.576. The van der Waals surface area contributed by atoms with E-state index in [1.165, 1.54) is 63.4 Å². The summed E-state index contributed by atoms with van der Waals surface area (Å²) in [6.07, 6.45) is 11.4. The van der Waals surface area contributed by atoms with Crippen molar-refractivity contribution in [1.29, 1.82) is 0 Å². The highest BCUT2D eigenvalue weighted by atomic mass is 16.3. The first kappa shape index (κ1) is 17.9. The van der Waals surface area contributed by atoms with Crippen LogP contribution in [0.3, 0.4) is 0 Å². The van der Waals surface area contributed by atoms with Gasteiger partial charge in [0.2, 0.25) is 0 Å². The average molecular weight is 330 g/mol. The maximum absolute atomic E-state index is 10.9. The molecule has 2 aliphatic carbocycles. The quantitative estimate of drug-likeness (QED) is 0.798. The number of benzene rings is 1. The van der Waals surface area contributed by atoms with Gasteiger partial charge in [-0.15, -0.1) is 0 Å². The molecule has 0 bridgehead atoms. The Labute approximate surface area is 148 Å². The average Bonchev–Trinajstić information content (AvgIpc) is 2.61. The molecule has 0 heterocycles. The highest BCUT2D eigenvalue weighted by Gasteiger charge is 2.34. The Bertz CT molecular complexity index is 529. The first-order valence-corrected chi connectivity index (χ1v) is 10.1. The fourth-order valence-corrected chi connectivity index (χ4v) is 4.69. The second-order valence-corrected chi connectivity index (χ2v) is 8.40. The van der Waals surface area contributed by atoms with Gasteiger partial charge in [-0.25, -0.2) is 0 Å².